The van der Waals surface area contributed by atoms with Gasteiger partial charge in [-0.1, -0.05) is 45.2 Å². The molecule has 1 fully saturated rings. The number of carbonyl (C=O) groups is 2. The minimum Gasteiger partial charge on any atom is -0.449 e. The highest BCUT2D eigenvalue weighted by Gasteiger charge is 2.36. The molecule has 196 valence electrons. The van der Waals surface area contributed by atoms with Crippen molar-refractivity contribution in [1.82, 2.24) is 4.90 Å². The van der Waals surface area contributed by atoms with Gasteiger partial charge in [-0.15, -0.1) is 0 Å². The lowest BCUT2D eigenvalue weighted by molar-refractivity contribution is -0.385. The molecule has 3 aromatic rings. The first-order valence-corrected chi connectivity index (χ1v) is 12.7. The zero-order valence-electron chi connectivity index (χ0n) is 18.6. The number of carbonyl (C=O) groups excluding carboxylic acids is 2. The number of ether oxygens (including phenoxy) is 1. The van der Waals surface area contributed by atoms with Gasteiger partial charge in [-0.3, -0.25) is 24.6 Å². The van der Waals surface area contributed by atoms with E-state index in [9.17, 15) is 32.9 Å². The van der Waals surface area contributed by atoms with Crippen LogP contribution in [0.1, 0.15) is 16.7 Å². The van der Waals surface area contributed by atoms with Crippen molar-refractivity contribution in [3.05, 3.63) is 101 Å². The van der Waals surface area contributed by atoms with Crippen molar-refractivity contribution < 1.29 is 32.4 Å². The highest BCUT2D eigenvalue weighted by atomic mass is 79.9. The molecule has 14 heteroatoms. The normalized spacial score (nSPS) is 14.9. The van der Waals surface area contributed by atoms with Crippen LogP contribution >= 0.6 is 50.9 Å². The van der Waals surface area contributed by atoms with Gasteiger partial charge in [0.15, 0.2) is 0 Å². The Morgan fingerprint density at radius 2 is 1.74 bits per heavy atom. The topological polar surface area (TPSA) is 89.7 Å². The second kappa shape index (κ2) is 11.0. The summed E-state index contributed by atoms with van der Waals surface area (Å²) in [5.41, 5.74) is -1.28. The quantitative estimate of drug-likeness (QED) is 0.151. The summed E-state index contributed by atoms with van der Waals surface area (Å²) in [5, 5.41) is 11.5. The van der Waals surface area contributed by atoms with Crippen LogP contribution in [0.15, 0.2) is 64.0 Å². The number of nitro groups is 1. The fourth-order valence-electron chi connectivity index (χ4n) is 3.36. The van der Waals surface area contributed by atoms with Crippen molar-refractivity contribution in [3.8, 4) is 11.5 Å². The van der Waals surface area contributed by atoms with Gasteiger partial charge in [0.05, 0.1) is 32.0 Å². The van der Waals surface area contributed by atoms with Gasteiger partial charge in [-0.25, -0.2) is 0 Å². The second-order valence-electron chi connectivity index (χ2n) is 7.74. The monoisotopic (exact) mass is 646 g/mol. The number of halogens is 6. The molecule has 3 aromatic carbocycles. The van der Waals surface area contributed by atoms with E-state index >= 15 is 0 Å². The van der Waals surface area contributed by atoms with Crippen molar-refractivity contribution in [1.29, 1.82) is 0 Å². The van der Waals surface area contributed by atoms with Crippen molar-refractivity contribution in [2.24, 2.45) is 0 Å². The molecule has 1 saturated heterocycles. The molecular weight excluding hydrogens is 636 g/mol. The summed E-state index contributed by atoms with van der Waals surface area (Å²) in [4.78, 5) is 37.1. The minimum absolute atomic E-state index is 0.00680. The summed E-state index contributed by atoms with van der Waals surface area (Å²) in [7, 11) is 0. The highest BCUT2D eigenvalue weighted by molar-refractivity contribution is 9.10. The van der Waals surface area contributed by atoms with Crippen LogP contribution in [-0.4, -0.2) is 21.0 Å². The number of amides is 2. The molecule has 0 saturated carbocycles. The molecular formula is C24H12BrCl2F3N2O5S. The fraction of sp³-hybridized carbons (Fsp3) is 0.0833. The predicted octanol–water partition coefficient (Wildman–Crippen LogP) is 8.71. The summed E-state index contributed by atoms with van der Waals surface area (Å²) in [6.45, 7) is -0.0571. The number of benzene rings is 3. The van der Waals surface area contributed by atoms with Crippen LogP contribution in [0.5, 0.6) is 11.5 Å². The van der Waals surface area contributed by atoms with Crippen LogP contribution < -0.4 is 4.74 Å². The summed E-state index contributed by atoms with van der Waals surface area (Å²) in [6, 6.07) is 11.1. The van der Waals surface area contributed by atoms with Crippen LogP contribution in [0, 0.1) is 10.1 Å². The van der Waals surface area contributed by atoms with E-state index in [1.54, 1.807) is 18.2 Å². The molecule has 0 unspecified atom stereocenters. The van der Waals surface area contributed by atoms with E-state index < -0.39 is 39.2 Å². The van der Waals surface area contributed by atoms with Gasteiger partial charge in [-0.2, -0.15) is 13.2 Å². The maximum Gasteiger partial charge on any atom is 0.416 e. The van der Waals surface area contributed by atoms with Crippen molar-refractivity contribution in [3.63, 3.8) is 0 Å². The van der Waals surface area contributed by atoms with Gasteiger partial charge >= 0.3 is 11.9 Å². The number of imide groups is 1. The van der Waals surface area contributed by atoms with Crippen LogP contribution in [0.2, 0.25) is 10.0 Å². The number of hydrogen-bond acceptors (Lipinski definition) is 6. The average Bonchev–Trinajstić information content (AvgIpc) is 3.09. The zero-order chi connectivity index (χ0) is 27.8. The standard InChI is InChI=1S/C24H12BrCl2F3N2O5S/c25-15-3-6-19(37-20-5-2-14(24(28,29)30)10-18(20)32(35)36)13(8-15)9-21-22(33)31(23(34)38-21)11-12-1-4-16(26)17(27)7-12/h1-10H,11H2/b21-9+. The Balaban J connectivity index is 1.65. The summed E-state index contributed by atoms with van der Waals surface area (Å²) in [5.74, 6) is -1.03. The third-order valence-electron chi connectivity index (χ3n) is 5.16. The maximum absolute atomic E-state index is 13.0. The number of nitro benzene ring substituents is 1. The lowest BCUT2D eigenvalue weighted by Crippen LogP contribution is -2.27. The van der Waals surface area contributed by atoms with E-state index in [2.05, 4.69) is 15.9 Å². The van der Waals surface area contributed by atoms with Crippen molar-refractivity contribution in [2.75, 3.05) is 0 Å². The molecule has 0 N–H and O–H groups in total. The molecule has 0 aliphatic carbocycles. The second-order valence-corrected chi connectivity index (χ2v) is 10.5. The fourth-order valence-corrected chi connectivity index (χ4v) is 4.89. The molecule has 7 nitrogen and oxygen atoms in total. The van der Waals surface area contributed by atoms with E-state index in [1.807, 2.05) is 0 Å². The van der Waals surface area contributed by atoms with Crippen molar-refractivity contribution in [2.45, 2.75) is 12.7 Å². The van der Waals surface area contributed by atoms with Gasteiger partial charge in [-0.05, 0) is 65.9 Å². The molecule has 0 aromatic heterocycles. The summed E-state index contributed by atoms with van der Waals surface area (Å²) < 4.78 is 45.3. The molecule has 38 heavy (non-hydrogen) atoms. The van der Waals surface area contributed by atoms with Gasteiger partial charge < -0.3 is 4.74 Å². The number of alkyl halides is 3. The molecule has 0 atom stereocenters. The van der Waals surface area contributed by atoms with E-state index in [1.165, 1.54) is 24.3 Å². The van der Waals surface area contributed by atoms with Crippen LogP contribution in [0.3, 0.4) is 0 Å². The van der Waals surface area contributed by atoms with E-state index in [0.717, 1.165) is 11.0 Å². The van der Waals surface area contributed by atoms with Gasteiger partial charge in [0, 0.05) is 16.1 Å². The molecule has 1 heterocycles. The molecule has 4 rings (SSSR count). The largest absolute Gasteiger partial charge is 0.449 e. The Morgan fingerprint density at radius 1 is 1.03 bits per heavy atom. The minimum atomic E-state index is -4.79. The number of hydrogen-bond donors (Lipinski definition) is 0. The Bertz CT molecular complexity index is 1520. The maximum atomic E-state index is 13.0. The molecule has 0 bridgehead atoms. The van der Waals surface area contributed by atoms with Gasteiger partial charge in [0.2, 0.25) is 5.75 Å². The average molecular weight is 648 g/mol. The first kappa shape index (κ1) is 28.0. The number of nitrogens with zero attached hydrogens (tertiary/aromatic N) is 2. The first-order chi connectivity index (χ1) is 17.8. The zero-order valence-corrected chi connectivity index (χ0v) is 22.5. The third kappa shape index (κ3) is 6.15. The Kier molecular flexibility index (Phi) is 8.07. The summed E-state index contributed by atoms with van der Waals surface area (Å²) >= 11 is 15.9. The SMILES string of the molecule is O=C1S/C(=C/c2cc(Br)ccc2Oc2ccc(C(F)(F)F)cc2[N+](=O)[O-])C(=O)N1Cc1ccc(Cl)c(Cl)c1. The van der Waals surface area contributed by atoms with Gasteiger partial charge in [0.1, 0.15) is 5.75 Å². The molecule has 1 aliphatic rings. The molecule has 0 spiro atoms. The van der Waals surface area contributed by atoms with Crippen molar-refractivity contribution >= 4 is 73.8 Å². The summed E-state index contributed by atoms with van der Waals surface area (Å²) in [6.07, 6.45) is -3.43. The Labute approximate surface area is 235 Å². The van der Waals surface area contributed by atoms with E-state index in [-0.39, 0.29) is 27.8 Å². The third-order valence-corrected chi connectivity index (χ3v) is 7.30. The lowest BCUT2D eigenvalue weighted by Gasteiger charge is -2.13. The molecule has 1 aliphatic heterocycles. The van der Waals surface area contributed by atoms with Crippen LogP contribution in [0.25, 0.3) is 6.08 Å². The van der Waals surface area contributed by atoms with Gasteiger partial charge in [0.25, 0.3) is 11.1 Å². The van der Waals surface area contributed by atoms with E-state index in [4.69, 9.17) is 27.9 Å². The first-order valence-electron chi connectivity index (χ1n) is 10.4. The highest BCUT2D eigenvalue weighted by Crippen LogP contribution is 2.41. The Morgan fingerprint density at radius 3 is 2.39 bits per heavy atom. The molecule has 0 radical (unpaired) electrons. The van der Waals surface area contributed by atoms with Crippen LogP contribution in [0.4, 0.5) is 23.7 Å². The molecule has 2 amide bonds. The van der Waals surface area contributed by atoms with Crippen LogP contribution in [-0.2, 0) is 17.5 Å². The smallest absolute Gasteiger partial charge is 0.416 e. The number of rotatable bonds is 6. The Hall–Kier alpha value is -3.06. The predicted molar refractivity (Wildman–Crippen MR) is 140 cm³/mol. The lowest BCUT2D eigenvalue weighted by atomic mass is 10.1. The van der Waals surface area contributed by atoms with E-state index in [0.29, 0.717) is 39.0 Å². The number of thioether (sulfide) groups is 1.